The summed E-state index contributed by atoms with van der Waals surface area (Å²) in [7, 11) is 0. The largest absolute Gasteiger partial charge is 0.416 e. The quantitative estimate of drug-likeness (QED) is 0.278. The highest BCUT2D eigenvalue weighted by molar-refractivity contribution is 5.87. The first-order valence-corrected chi connectivity index (χ1v) is 13.6. The Morgan fingerprint density at radius 2 is 1.79 bits per heavy atom. The lowest BCUT2D eigenvalue weighted by Crippen LogP contribution is -2.41. The molecule has 2 saturated heterocycles. The number of carbonyl (C=O) groups excluding carboxylic acids is 1. The van der Waals surface area contributed by atoms with Gasteiger partial charge in [-0.25, -0.2) is 18.7 Å². The summed E-state index contributed by atoms with van der Waals surface area (Å²) in [5.74, 6) is 0.600. The Bertz CT molecular complexity index is 1680. The number of nitrogens with zero attached hydrogens (tertiary/aromatic N) is 4. The SMILES string of the molecule is C[C@](O)(c1cccc(C(F)(F)F)c1)c1ccc(-c2nc([C@@H]3CC[C@H]4CCC(=O)N4C3)n3ccnc(N)c23)c(C(F)F)c1. The van der Waals surface area contributed by atoms with Crippen molar-refractivity contribution in [2.24, 2.45) is 0 Å². The van der Waals surface area contributed by atoms with Crippen LogP contribution in [-0.4, -0.2) is 42.9 Å². The number of amides is 1. The summed E-state index contributed by atoms with van der Waals surface area (Å²) in [4.78, 5) is 23.3. The van der Waals surface area contributed by atoms with E-state index in [1.165, 1.54) is 31.3 Å². The molecular weight excluding hydrogens is 557 g/mol. The number of aliphatic hydroxyl groups is 1. The summed E-state index contributed by atoms with van der Waals surface area (Å²) in [5, 5.41) is 11.3. The highest BCUT2D eigenvalue weighted by Gasteiger charge is 2.39. The number of halogens is 5. The van der Waals surface area contributed by atoms with Crippen LogP contribution >= 0.6 is 0 Å². The molecule has 0 radical (unpaired) electrons. The Hall–Kier alpha value is -4.06. The van der Waals surface area contributed by atoms with Crippen LogP contribution < -0.4 is 5.73 Å². The maximum atomic E-state index is 14.6. The first kappa shape index (κ1) is 28.1. The molecule has 0 unspecified atom stereocenters. The van der Waals surface area contributed by atoms with Gasteiger partial charge in [0.1, 0.15) is 28.5 Å². The number of carbonyl (C=O) groups is 1. The van der Waals surface area contributed by atoms with Crippen LogP contribution in [0.5, 0.6) is 0 Å². The maximum Gasteiger partial charge on any atom is 0.416 e. The average Bonchev–Trinajstić information content (AvgIpc) is 3.53. The lowest BCUT2D eigenvalue weighted by atomic mass is 9.85. The molecule has 0 saturated carbocycles. The zero-order valence-electron chi connectivity index (χ0n) is 22.6. The van der Waals surface area contributed by atoms with E-state index in [0.717, 1.165) is 43.5 Å². The van der Waals surface area contributed by atoms with Crippen molar-refractivity contribution in [3.05, 3.63) is 82.9 Å². The smallest absolute Gasteiger partial charge is 0.382 e. The second-order valence-corrected chi connectivity index (χ2v) is 11.1. The molecule has 2 aromatic heterocycles. The van der Waals surface area contributed by atoms with Gasteiger partial charge in [0.05, 0.1) is 5.56 Å². The minimum Gasteiger partial charge on any atom is -0.382 e. The molecule has 3 atom stereocenters. The van der Waals surface area contributed by atoms with E-state index >= 15 is 0 Å². The van der Waals surface area contributed by atoms with E-state index in [9.17, 15) is 31.9 Å². The number of benzene rings is 2. The van der Waals surface area contributed by atoms with Gasteiger partial charge in [-0.1, -0.05) is 24.3 Å². The van der Waals surface area contributed by atoms with E-state index in [1.54, 1.807) is 10.6 Å². The highest BCUT2D eigenvalue weighted by atomic mass is 19.4. The van der Waals surface area contributed by atoms with Crippen molar-refractivity contribution < 1.29 is 31.9 Å². The van der Waals surface area contributed by atoms with E-state index in [0.29, 0.717) is 24.3 Å². The van der Waals surface area contributed by atoms with E-state index in [2.05, 4.69) is 4.98 Å². The second-order valence-electron chi connectivity index (χ2n) is 11.1. The van der Waals surface area contributed by atoms with Gasteiger partial charge in [-0.15, -0.1) is 0 Å². The minimum atomic E-state index is -4.64. The van der Waals surface area contributed by atoms with E-state index in [1.807, 2.05) is 4.90 Å². The highest BCUT2D eigenvalue weighted by Crippen LogP contribution is 2.42. The maximum absolute atomic E-state index is 14.6. The van der Waals surface area contributed by atoms with Gasteiger partial charge in [0.2, 0.25) is 5.91 Å². The van der Waals surface area contributed by atoms with Crippen molar-refractivity contribution in [1.82, 2.24) is 19.3 Å². The van der Waals surface area contributed by atoms with E-state index in [4.69, 9.17) is 10.7 Å². The van der Waals surface area contributed by atoms with Crippen LogP contribution in [0.25, 0.3) is 16.8 Å². The molecule has 1 amide bonds. The Morgan fingerprint density at radius 1 is 1.05 bits per heavy atom. The minimum absolute atomic E-state index is 0.0124. The number of fused-ring (bicyclic) bond motifs is 2. The molecule has 2 aromatic carbocycles. The predicted molar refractivity (Wildman–Crippen MR) is 145 cm³/mol. The molecule has 6 rings (SSSR count). The van der Waals surface area contributed by atoms with Crippen LogP contribution in [-0.2, 0) is 16.6 Å². The molecule has 42 heavy (non-hydrogen) atoms. The zero-order valence-corrected chi connectivity index (χ0v) is 22.6. The summed E-state index contributed by atoms with van der Waals surface area (Å²) in [6.07, 6.45) is -1.59. The first-order valence-electron chi connectivity index (χ1n) is 13.6. The van der Waals surface area contributed by atoms with Gasteiger partial charge in [-0.2, -0.15) is 13.2 Å². The number of aromatic nitrogens is 3. The van der Waals surface area contributed by atoms with Gasteiger partial charge >= 0.3 is 6.18 Å². The molecule has 4 heterocycles. The molecule has 7 nitrogen and oxygen atoms in total. The van der Waals surface area contributed by atoms with E-state index in [-0.39, 0.29) is 46.1 Å². The average molecular weight is 586 g/mol. The van der Waals surface area contributed by atoms with Crippen molar-refractivity contribution in [2.75, 3.05) is 12.3 Å². The fraction of sp³-hybridized carbons (Fsp3) is 0.367. The third-order valence-electron chi connectivity index (χ3n) is 8.55. The van der Waals surface area contributed by atoms with Crippen LogP contribution in [0.2, 0.25) is 0 Å². The van der Waals surface area contributed by atoms with Crippen molar-refractivity contribution in [1.29, 1.82) is 0 Å². The van der Waals surface area contributed by atoms with Crippen LogP contribution in [0.3, 0.4) is 0 Å². The molecule has 2 fully saturated rings. The van der Waals surface area contributed by atoms with Gasteiger partial charge in [0, 0.05) is 48.4 Å². The molecule has 4 aromatic rings. The number of alkyl halides is 5. The van der Waals surface area contributed by atoms with Crippen molar-refractivity contribution >= 4 is 17.2 Å². The summed E-state index contributed by atoms with van der Waals surface area (Å²) in [6.45, 7) is 1.72. The van der Waals surface area contributed by atoms with E-state index < -0.39 is 29.3 Å². The van der Waals surface area contributed by atoms with Gasteiger partial charge in [-0.05, 0) is 55.5 Å². The number of piperidine rings is 1. The Labute approximate surface area is 237 Å². The van der Waals surface area contributed by atoms with Crippen molar-refractivity contribution in [3.8, 4) is 11.3 Å². The van der Waals surface area contributed by atoms with Gasteiger partial charge in [0.25, 0.3) is 6.43 Å². The molecule has 12 heteroatoms. The number of hydrogen-bond donors (Lipinski definition) is 2. The predicted octanol–water partition coefficient (Wildman–Crippen LogP) is 6.06. The molecule has 0 spiro atoms. The third-order valence-corrected chi connectivity index (χ3v) is 8.55. The molecule has 2 aliphatic rings. The normalized spacial score (nSPS) is 20.8. The van der Waals surface area contributed by atoms with Gasteiger partial charge < -0.3 is 15.7 Å². The topological polar surface area (TPSA) is 96.8 Å². The van der Waals surface area contributed by atoms with Crippen LogP contribution in [0.4, 0.5) is 27.8 Å². The van der Waals surface area contributed by atoms with Gasteiger partial charge in [-0.3, -0.25) is 9.20 Å². The lowest BCUT2D eigenvalue weighted by molar-refractivity contribution is -0.137. The molecule has 220 valence electrons. The number of hydrogen-bond acceptors (Lipinski definition) is 5. The summed E-state index contributed by atoms with van der Waals surface area (Å²) in [5.41, 5.74) is 3.26. The van der Waals surface area contributed by atoms with Gasteiger partial charge in [0.15, 0.2) is 0 Å². The van der Waals surface area contributed by atoms with Crippen molar-refractivity contribution in [3.63, 3.8) is 0 Å². The monoisotopic (exact) mass is 585 g/mol. The number of rotatable bonds is 5. The lowest BCUT2D eigenvalue weighted by Gasteiger charge is -2.34. The summed E-state index contributed by atoms with van der Waals surface area (Å²) < 4.78 is 70.9. The number of nitrogens with two attached hydrogens (primary N) is 1. The van der Waals surface area contributed by atoms with Crippen LogP contribution in [0.15, 0.2) is 54.9 Å². The molecule has 0 aliphatic carbocycles. The summed E-state index contributed by atoms with van der Waals surface area (Å²) in [6, 6.07) is 8.21. The zero-order chi connectivity index (χ0) is 30.0. The summed E-state index contributed by atoms with van der Waals surface area (Å²) >= 11 is 0. The Kier molecular flexibility index (Phi) is 6.71. The number of nitrogen functional groups attached to an aromatic ring is 1. The second kappa shape index (κ2) is 10.0. The van der Waals surface area contributed by atoms with Crippen molar-refractivity contribution in [2.45, 2.75) is 62.8 Å². The molecule has 0 bridgehead atoms. The molecule has 3 N–H and O–H groups in total. The van der Waals surface area contributed by atoms with Crippen LogP contribution in [0.1, 0.15) is 73.0 Å². The number of imidazole rings is 1. The van der Waals surface area contributed by atoms with Crippen LogP contribution in [0, 0.1) is 0 Å². The molecular formula is C30H28F5N5O2. The Balaban J connectivity index is 1.45. The fourth-order valence-corrected chi connectivity index (χ4v) is 6.27. The standard InChI is InChI=1S/C30H28F5N5O2/c1-29(42,17-3-2-4-19(13-17)30(33,34)35)18-6-9-21(22(14-18)26(31)32)24-25-27(36)37-11-12-39(25)28(38-24)16-5-7-20-8-10-23(41)40(20)15-16/h2-4,6,9,11-14,16,20,26,42H,5,7-8,10,15H2,1H3,(H2,36,37)/t16-,20+,29+/m1/s1. The fourth-order valence-electron chi connectivity index (χ4n) is 6.27. The Morgan fingerprint density at radius 3 is 2.52 bits per heavy atom. The third kappa shape index (κ3) is 4.67. The molecule has 2 aliphatic heterocycles. The first-order chi connectivity index (χ1) is 19.9. The number of anilines is 1.